The van der Waals surface area contributed by atoms with E-state index < -0.39 is 5.60 Å². The van der Waals surface area contributed by atoms with Gasteiger partial charge in [0, 0.05) is 19.1 Å². The van der Waals surface area contributed by atoms with E-state index in [4.69, 9.17) is 10.5 Å². The molecule has 1 heterocycles. The van der Waals surface area contributed by atoms with Gasteiger partial charge in [0.15, 0.2) is 0 Å². The van der Waals surface area contributed by atoms with Crippen LogP contribution in [0.2, 0.25) is 0 Å². The van der Waals surface area contributed by atoms with Crippen LogP contribution < -0.4 is 5.73 Å². The van der Waals surface area contributed by atoms with Gasteiger partial charge in [-0.05, 0) is 44.4 Å². The third-order valence-corrected chi connectivity index (χ3v) is 4.88. The number of hydrogen-bond acceptors (Lipinski definition) is 3. The minimum Gasteiger partial charge on any atom is -0.444 e. The van der Waals surface area contributed by atoms with Crippen LogP contribution in [0.5, 0.6) is 0 Å². The number of nitrogens with two attached hydrogens (primary N) is 1. The normalized spacial score (nSPS) is 29.2. The van der Waals surface area contributed by atoms with Crippen molar-refractivity contribution in [2.24, 2.45) is 16.6 Å². The zero-order valence-electron chi connectivity index (χ0n) is 12.2. The highest BCUT2D eigenvalue weighted by Crippen LogP contribution is 2.67. The second-order valence-corrected chi connectivity index (χ2v) is 7.32. The average Bonchev–Trinajstić information content (AvgIpc) is 2.62. The van der Waals surface area contributed by atoms with E-state index in [-0.39, 0.29) is 23.0 Å². The number of carbonyl (C=O) groups is 1. The molecule has 1 atom stereocenters. The van der Waals surface area contributed by atoms with Gasteiger partial charge >= 0.3 is 6.09 Å². The number of amides is 1. The van der Waals surface area contributed by atoms with Crippen LogP contribution in [0.1, 0.15) is 47.5 Å². The summed E-state index contributed by atoms with van der Waals surface area (Å²) in [6, 6.07) is 0.283. The van der Waals surface area contributed by atoms with Gasteiger partial charge in [-0.2, -0.15) is 0 Å². The van der Waals surface area contributed by atoms with Crippen molar-refractivity contribution in [3.8, 4) is 0 Å². The summed E-state index contributed by atoms with van der Waals surface area (Å²) in [6.45, 7) is 11.7. The number of carbonyl (C=O) groups excluding carboxylic acids is 1. The van der Waals surface area contributed by atoms with E-state index in [1.54, 1.807) is 0 Å². The fourth-order valence-corrected chi connectivity index (χ4v) is 3.36. The molecule has 1 saturated heterocycles. The maximum atomic E-state index is 12.0. The molecule has 18 heavy (non-hydrogen) atoms. The first kappa shape index (κ1) is 13.7. The highest BCUT2D eigenvalue weighted by Gasteiger charge is 2.69. The predicted molar refractivity (Wildman–Crippen MR) is 71.2 cm³/mol. The van der Waals surface area contributed by atoms with Gasteiger partial charge in [0.2, 0.25) is 0 Å². The van der Waals surface area contributed by atoms with Gasteiger partial charge in [-0.25, -0.2) is 4.79 Å². The number of hydrogen-bond donors (Lipinski definition) is 1. The van der Waals surface area contributed by atoms with Crippen LogP contribution >= 0.6 is 0 Å². The monoisotopic (exact) mass is 254 g/mol. The minimum atomic E-state index is -0.415. The van der Waals surface area contributed by atoms with E-state index in [2.05, 4.69) is 13.8 Å². The van der Waals surface area contributed by atoms with E-state index in [9.17, 15) is 4.79 Å². The number of nitrogens with zero attached hydrogens (tertiary/aromatic N) is 1. The Hall–Kier alpha value is -0.770. The summed E-state index contributed by atoms with van der Waals surface area (Å²) in [4.78, 5) is 13.8. The smallest absolute Gasteiger partial charge is 0.410 e. The lowest BCUT2D eigenvalue weighted by atomic mass is 9.86. The lowest BCUT2D eigenvalue weighted by Gasteiger charge is -2.35. The van der Waals surface area contributed by atoms with E-state index in [1.165, 1.54) is 0 Å². The molecular formula is C14H26N2O2. The second-order valence-electron chi connectivity index (χ2n) is 7.32. The molecule has 0 aromatic carbocycles. The molecule has 0 aromatic heterocycles. The molecule has 1 amide bonds. The Bertz CT molecular complexity index is 349. The quantitative estimate of drug-likeness (QED) is 0.722. The molecule has 1 spiro atoms. The SMILES string of the molecule is CC(C)(C)OC(=O)N1CCC2(CC1)C(N)C2(C)C. The maximum absolute atomic E-state index is 12.0. The summed E-state index contributed by atoms with van der Waals surface area (Å²) in [7, 11) is 0. The Morgan fingerprint density at radius 3 is 2.06 bits per heavy atom. The van der Waals surface area contributed by atoms with Crippen molar-refractivity contribution in [2.75, 3.05) is 13.1 Å². The van der Waals surface area contributed by atoms with Crippen LogP contribution in [0.3, 0.4) is 0 Å². The summed E-state index contributed by atoms with van der Waals surface area (Å²) in [5, 5.41) is 0. The molecule has 2 aliphatic rings. The second kappa shape index (κ2) is 3.86. The van der Waals surface area contributed by atoms with Crippen molar-refractivity contribution in [1.29, 1.82) is 0 Å². The van der Waals surface area contributed by atoms with Crippen molar-refractivity contribution in [1.82, 2.24) is 4.90 Å². The van der Waals surface area contributed by atoms with Gasteiger partial charge in [0.1, 0.15) is 5.60 Å². The Morgan fingerprint density at radius 2 is 1.72 bits per heavy atom. The number of rotatable bonds is 0. The van der Waals surface area contributed by atoms with Crippen LogP contribution in [0.4, 0.5) is 4.79 Å². The van der Waals surface area contributed by atoms with Crippen molar-refractivity contribution in [3.05, 3.63) is 0 Å². The standard InChI is InChI=1S/C14H26N2O2/c1-12(2,3)18-11(17)16-8-6-14(7-9-16)10(15)13(14,4)5/h10H,6-9,15H2,1-5H3. The number of piperidine rings is 1. The zero-order chi connectivity index (χ0) is 13.8. The molecule has 1 saturated carbocycles. The Kier molecular flexibility index (Phi) is 2.93. The number of ether oxygens (including phenoxy) is 1. The third-order valence-electron chi connectivity index (χ3n) is 4.88. The molecule has 2 N–H and O–H groups in total. The van der Waals surface area contributed by atoms with Gasteiger partial charge in [-0.15, -0.1) is 0 Å². The van der Waals surface area contributed by atoms with Gasteiger partial charge in [0.25, 0.3) is 0 Å². The molecule has 4 nitrogen and oxygen atoms in total. The molecule has 0 bridgehead atoms. The molecule has 104 valence electrons. The molecular weight excluding hydrogens is 228 g/mol. The summed E-state index contributed by atoms with van der Waals surface area (Å²) < 4.78 is 5.40. The van der Waals surface area contributed by atoms with Crippen LogP contribution in [-0.4, -0.2) is 35.7 Å². The Balaban J connectivity index is 1.90. The lowest BCUT2D eigenvalue weighted by Crippen LogP contribution is -2.43. The summed E-state index contributed by atoms with van der Waals surface area (Å²) >= 11 is 0. The fraction of sp³-hybridized carbons (Fsp3) is 0.929. The van der Waals surface area contributed by atoms with Crippen molar-refractivity contribution >= 4 is 6.09 Å². The topological polar surface area (TPSA) is 55.6 Å². The maximum Gasteiger partial charge on any atom is 0.410 e. The first-order valence-corrected chi connectivity index (χ1v) is 6.84. The van der Waals surface area contributed by atoms with E-state index in [1.807, 2.05) is 25.7 Å². The molecule has 2 rings (SSSR count). The lowest BCUT2D eigenvalue weighted by molar-refractivity contribution is 0.0153. The molecule has 2 fully saturated rings. The zero-order valence-corrected chi connectivity index (χ0v) is 12.2. The first-order chi connectivity index (χ1) is 8.10. The van der Waals surface area contributed by atoms with Gasteiger partial charge in [0.05, 0.1) is 0 Å². The van der Waals surface area contributed by atoms with Crippen LogP contribution in [0, 0.1) is 10.8 Å². The third kappa shape index (κ3) is 2.00. The van der Waals surface area contributed by atoms with Crippen molar-refractivity contribution in [3.63, 3.8) is 0 Å². The Morgan fingerprint density at radius 1 is 1.28 bits per heavy atom. The van der Waals surface area contributed by atoms with Crippen LogP contribution in [-0.2, 0) is 4.74 Å². The molecule has 1 aliphatic heterocycles. The summed E-state index contributed by atoms with van der Waals surface area (Å²) in [5.74, 6) is 0. The Labute approximate surface area is 110 Å². The minimum absolute atomic E-state index is 0.190. The number of likely N-dealkylation sites (tertiary alicyclic amines) is 1. The molecule has 4 heteroatoms. The predicted octanol–water partition coefficient (Wildman–Crippen LogP) is 2.37. The van der Waals surface area contributed by atoms with Crippen LogP contribution in [0.15, 0.2) is 0 Å². The van der Waals surface area contributed by atoms with Gasteiger partial charge < -0.3 is 15.4 Å². The molecule has 0 radical (unpaired) electrons. The van der Waals surface area contributed by atoms with Crippen molar-refractivity contribution < 1.29 is 9.53 Å². The molecule has 1 unspecified atom stereocenters. The summed E-state index contributed by atoms with van der Waals surface area (Å²) in [6.07, 6.45) is 1.81. The van der Waals surface area contributed by atoms with Crippen LogP contribution in [0.25, 0.3) is 0 Å². The molecule has 1 aliphatic carbocycles. The van der Waals surface area contributed by atoms with E-state index in [0.717, 1.165) is 25.9 Å². The van der Waals surface area contributed by atoms with Gasteiger partial charge in [-0.1, -0.05) is 13.8 Å². The van der Waals surface area contributed by atoms with E-state index in [0.29, 0.717) is 0 Å². The summed E-state index contributed by atoms with van der Waals surface area (Å²) in [5.41, 5.74) is 6.27. The average molecular weight is 254 g/mol. The highest BCUT2D eigenvalue weighted by molar-refractivity contribution is 5.68. The van der Waals surface area contributed by atoms with E-state index >= 15 is 0 Å². The fourth-order valence-electron chi connectivity index (χ4n) is 3.36. The highest BCUT2D eigenvalue weighted by atomic mass is 16.6. The van der Waals surface area contributed by atoms with Gasteiger partial charge in [-0.3, -0.25) is 0 Å². The first-order valence-electron chi connectivity index (χ1n) is 6.84. The largest absolute Gasteiger partial charge is 0.444 e. The van der Waals surface area contributed by atoms with Crippen molar-refractivity contribution in [2.45, 2.75) is 59.1 Å². The molecule has 0 aromatic rings.